The SMILES string of the molecule is CCN(CC)C(=O)c1c(SC)cccc1SC. The van der Waals surface area contributed by atoms with E-state index in [4.69, 9.17) is 0 Å². The van der Waals surface area contributed by atoms with Crippen molar-refractivity contribution in [2.24, 2.45) is 0 Å². The standard InChI is InChI=1S/C13H19NOS2/c1-5-14(6-2)13(15)12-10(16-3)8-7-9-11(12)17-4/h7-9H,5-6H2,1-4H3. The van der Waals surface area contributed by atoms with E-state index in [1.807, 2.05) is 49.5 Å². The van der Waals surface area contributed by atoms with E-state index in [1.165, 1.54) is 0 Å². The van der Waals surface area contributed by atoms with E-state index in [-0.39, 0.29) is 5.91 Å². The summed E-state index contributed by atoms with van der Waals surface area (Å²) in [6, 6.07) is 6.04. The maximum atomic E-state index is 12.5. The predicted octanol–water partition coefficient (Wildman–Crippen LogP) is 3.61. The van der Waals surface area contributed by atoms with E-state index in [2.05, 4.69) is 0 Å². The molecule has 0 aliphatic heterocycles. The van der Waals surface area contributed by atoms with E-state index in [1.54, 1.807) is 23.5 Å². The fourth-order valence-electron chi connectivity index (χ4n) is 1.73. The van der Waals surface area contributed by atoms with E-state index in [0.717, 1.165) is 28.4 Å². The van der Waals surface area contributed by atoms with Gasteiger partial charge in [-0.05, 0) is 38.5 Å². The van der Waals surface area contributed by atoms with Gasteiger partial charge in [0.25, 0.3) is 5.91 Å². The van der Waals surface area contributed by atoms with E-state index >= 15 is 0 Å². The number of carbonyl (C=O) groups is 1. The largest absolute Gasteiger partial charge is 0.339 e. The van der Waals surface area contributed by atoms with Gasteiger partial charge in [-0.2, -0.15) is 0 Å². The lowest BCUT2D eigenvalue weighted by Gasteiger charge is -2.21. The van der Waals surface area contributed by atoms with Crippen LogP contribution >= 0.6 is 23.5 Å². The van der Waals surface area contributed by atoms with Gasteiger partial charge in [0.05, 0.1) is 5.56 Å². The molecular formula is C13H19NOS2. The fraction of sp³-hybridized carbons (Fsp3) is 0.462. The smallest absolute Gasteiger partial charge is 0.256 e. The van der Waals surface area contributed by atoms with Gasteiger partial charge in [-0.15, -0.1) is 23.5 Å². The summed E-state index contributed by atoms with van der Waals surface area (Å²) in [5, 5.41) is 0. The van der Waals surface area contributed by atoms with E-state index in [0.29, 0.717) is 0 Å². The van der Waals surface area contributed by atoms with Gasteiger partial charge in [-0.25, -0.2) is 0 Å². The molecule has 1 rings (SSSR count). The van der Waals surface area contributed by atoms with E-state index < -0.39 is 0 Å². The number of benzene rings is 1. The molecule has 0 fully saturated rings. The zero-order valence-corrected chi connectivity index (χ0v) is 12.5. The summed E-state index contributed by atoms with van der Waals surface area (Å²) in [7, 11) is 0. The van der Waals surface area contributed by atoms with Crippen LogP contribution in [0.5, 0.6) is 0 Å². The second-order valence-corrected chi connectivity index (χ2v) is 5.21. The first-order valence-corrected chi connectivity index (χ1v) is 8.14. The second-order valence-electron chi connectivity index (χ2n) is 3.51. The first-order chi connectivity index (χ1) is 8.19. The molecule has 17 heavy (non-hydrogen) atoms. The Morgan fingerprint density at radius 1 is 1.12 bits per heavy atom. The van der Waals surface area contributed by atoms with Gasteiger partial charge in [0.1, 0.15) is 0 Å². The second kappa shape index (κ2) is 6.97. The minimum absolute atomic E-state index is 0.143. The molecule has 94 valence electrons. The molecule has 0 saturated heterocycles. The lowest BCUT2D eigenvalue weighted by atomic mass is 10.2. The van der Waals surface area contributed by atoms with Crippen LogP contribution < -0.4 is 0 Å². The number of amides is 1. The van der Waals surface area contributed by atoms with Crippen LogP contribution in [0, 0.1) is 0 Å². The molecule has 4 heteroatoms. The van der Waals surface area contributed by atoms with Crippen LogP contribution in [0.25, 0.3) is 0 Å². The molecule has 0 aliphatic rings. The van der Waals surface area contributed by atoms with Gasteiger partial charge in [-0.3, -0.25) is 4.79 Å². The first kappa shape index (κ1) is 14.5. The molecular weight excluding hydrogens is 250 g/mol. The number of nitrogens with zero attached hydrogens (tertiary/aromatic N) is 1. The number of rotatable bonds is 5. The quantitative estimate of drug-likeness (QED) is 0.762. The summed E-state index contributed by atoms with van der Waals surface area (Å²) in [4.78, 5) is 16.5. The maximum Gasteiger partial charge on any atom is 0.256 e. The Kier molecular flexibility index (Phi) is 5.92. The van der Waals surface area contributed by atoms with Crippen LogP contribution in [0.1, 0.15) is 24.2 Å². The normalized spacial score (nSPS) is 10.4. The molecule has 0 unspecified atom stereocenters. The van der Waals surface area contributed by atoms with Crippen molar-refractivity contribution in [3.05, 3.63) is 23.8 Å². The van der Waals surface area contributed by atoms with Crippen LogP contribution in [0.2, 0.25) is 0 Å². The lowest BCUT2D eigenvalue weighted by Crippen LogP contribution is -2.31. The highest BCUT2D eigenvalue weighted by molar-refractivity contribution is 7.99. The van der Waals surface area contributed by atoms with Gasteiger partial charge in [0.15, 0.2) is 0 Å². The topological polar surface area (TPSA) is 20.3 Å². The lowest BCUT2D eigenvalue weighted by molar-refractivity contribution is 0.0766. The summed E-state index contributed by atoms with van der Waals surface area (Å²) < 4.78 is 0. The van der Waals surface area contributed by atoms with Crippen LogP contribution in [-0.2, 0) is 0 Å². The Morgan fingerprint density at radius 3 is 1.94 bits per heavy atom. The Bertz CT molecular complexity index is 367. The number of thioether (sulfide) groups is 2. The molecule has 2 nitrogen and oxygen atoms in total. The van der Waals surface area contributed by atoms with Crippen LogP contribution in [0.15, 0.2) is 28.0 Å². The minimum Gasteiger partial charge on any atom is -0.339 e. The highest BCUT2D eigenvalue weighted by Gasteiger charge is 2.19. The van der Waals surface area contributed by atoms with Crippen molar-refractivity contribution in [2.75, 3.05) is 25.6 Å². The predicted molar refractivity (Wildman–Crippen MR) is 77.3 cm³/mol. The first-order valence-electron chi connectivity index (χ1n) is 5.69. The number of hydrogen-bond acceptors (Lipinski definition) is 3. The van der Waals surface area contributed by atoms with Crippen LogP contribution in [0.3, 0.4) is 0 Å². The van der Waals surface area contributed by atoms with Crippen molar-refractivity contribution < 1.29 is 4.79 Å². The summed E-state index contributed by atoms with van der Waals surface area (Å²) in [5.41, 5.74) is 0.858. The Morgan fingerprint density at radius 2 is 1.59 bits per heavy atom. The summed E-state index contributed by atoms with van der Waals surface area (Å²) >= 11 is 3.26. The molecule has 0 saturated carbocycles. The molecule has 0 radical (unpaired) electrons. The summed E-state index contributed by atoms with van der Waals surface area (Å²) in [6.45, 7) is 5.54. The average Bonchev–Trinajstić information content (AvgIpc) is 2.38. The molecule has 1 aromatic carbocycles. The summed E-state index contributed by atoms with van der Waals surface area (Å²) in [6.07, 6.45) is 4.02. The maximum absolute atomic E-state index is 12.5. The molecule has 1 amide bonds. The zero-order chi connectivity index (χ0) is 12.8. The third kappa shape index (κ3) is 3.19. The van der Waals surface area contributed by atoms with Crippen molar-refractivity contribution >= 4 is 29.4 Å². The van der Waals surface area contributed by atoms with Crippen LogP contribution in [0.4, 0.5) is 0 Å². The van der Waals surface area contributed by atoms with Crippen molar-refractivity contribution in [3.63, 3.8) is 0 Å². The minimum atomic E-state index is 0.143. The monoisotopic (exact) mass is 269 g/mol. The molecule has 0 bridgehead atoms. The molecule has 0 N–H and O–H groups in total. The molecule has 1 aromatic rings. The molecule has 0 atom stereocenters. The van der Waals surface area contributed by atoms with Crippen molar-refractivity contribution in [1.29, 1.82) is 0 Å². The van der Waals surface area contributed by atoms with Crippen molar-refractivity contribution in [2.45, 2.75) is 23.6 Å². The van der Waals surface area contributed by atoms with Gasteiger partial charge in [0.2, 0.25) is 0 Å². The molecule has 0 aliphatic carbocycles. The Balaban J connectivity index is 3.22. The Labute approximate surface area is 112 Å². The van der Waals surface area contributed by atoms with Gasteiger partial charge in [0, 0.05) is 22.9 Å². The third-order valence-corrected chi connectivity index (χ3v) is 4.25. The Hall–Kier alpha value is -0.610. The number of hydrogen-bond donors (Lipinski definition) is 0. The highest BCUT2D eigenvalue weighted by Crippen LogP contribution is 2.30. The average molecular weight is 269 g/mol. The molecule has 0 spiro atoms. The van der Waals surface area contributed by atoms with Gasteiger partial charge < -0.3 is 4.90 Å². The highest BCUT2D eigenvalue weighted by atomic mass is 32.2. The fourth-order valence-corrected chi connectivity index (χ4v) is 3.03. The zero-order valence-electron chi connectivity index (χ0n) is 10.8. The van der Waals surface area contributed by atoms with Gasteiger partial charge >= 0.3 is 0 Å². The number of carbonyl (C=O) groups excluding carboxylic acids is 1. The van der Waals surface area contributed by atoms with Gasteiger partial charge in [-0.1, -0.05) is 6.07 Å². The van der Waals surface area contributed by atoms with Crippen molar-refractivity contribution in [3.8, 4) is 0 Å². The molecule has 0 heterocycles. The third-order valence-electron chi connectivity index (χ3n) is 2.69. The van der Waals surface area contributed by atoms with Crippen molar-refractivity contribution in [1.82, 2.24) is 4.90 Å². The summed E-state index contributed by atoms with van der Waals surface area (Å²) in [5.74, 6) is 0.143. The van der Waals surface area contributed by atoms with E-state index in [9.17, 15) is 4.79 Å². The molecule has 0 aromatic heterocycles. The van der Waals surface area contributed by atoms with Crippen LogP contribution in [-0.4, -0.2) is 36.4 Å².